The molecule has 2 aliphatic heterocycles. The molecule has 0 bridgehead atoms. The van der Waals surface area contributed by atoms with E-state index in [0.29, 0.717) is 57.9 Å². The van der Waals surface area contributed by atoms with Crippen LogP contribution in [0.15, 0.2) is 64.5 Å². The van der Waals surface area contributed by atoms with E-state index in [9.17, 15) is 31.1 Å². The molecule has 0 N–H and O–H groups in total. The van der Waals surface area contributed by atoms with Crippen molar-refractivity contribution in [3.63, 3.8) is 0 Å². The van der Waals surface area contributed by atoms with E-state index in [1.54, 1.807) is 18.2 Å². The molecule has 0 atom stereocenters. The Kier molecular flexibility index (Phi) is 9.52. The predicted octanol–water partition coefficient (Wildman–Crippen LogP) is 8.41. The fourth-order valence-corrected chi connectivity index (χ4v) is 5.97. The topological polar surface area (TPSA) is 54.4 Å². The summed E-state index contributed by atoms with van der Waals surface area (Å²) in [5.74, 6) is -0.196. The fraction of sp³-hybridized carbons (Fsp3) is 0.267. The van der Waals surface area contributed by atoms with Crippen LogP contribution in [0, 0.1) is 0 Å². The van der Waals surface area contributed by atoms with Crippen molar-refractivity contribution < 1.29 is 40.6 Å². The number of rotatable bonds is 6. The van der Waals surface area contributed by atoms with Gasteiger partial charge in [0.1, 0.15) is 6.61 Å². The Morgan fingerprint density at radius 3 is 2.22 bits per heavy atom. The number of hydrogen-bond donors (Lipinski definition) is 0. The molecule has 2 heterocycles. The van der Waals surface area contributed by atoms with E-state index in [2.05, 4.69) is 9.89 Å². The summed E-state index contributed by atoms with van der Waals surface area (Å²) in [6, 6.07) is 11.4. The number of anilines is 1. The molecule has 5 rings (SSSR count). The van der Waals surface area contributed by atoms with E-state index in [0.717, 1.165) is 11.8 Å². The van der Waals surface area contributed by atoms with Crippen molar-refractivity contribution in [2.45, 2.75) is 19.0 Å². The second-order valence-corrected chi connectivity index (χ2v) is 11.8. The van der Waals surface area contributed by atoms with E-state index in [1.807, 2.05) is 17.0 Å². The number of carbonyl (C=O) groups is 1. The van der Waals surface area contributed by atoms with Crippen LogP contribution in [0.2, 0.25) is 10.0 Å². The first-order chi connectivity index (χ1) is 21.2. The molecule has 3 aromatic carbocycles. The molecule has 0 aromatic heterocycles. The number of halogens is 8. The predicted molar refractivity (Wildman–Crippen MR) is 162 cm³/mol. The normalized spacial score (nSPS) is 16.8. The largest absolute Gasteiger partial charge is 0.493 e. The van der Waals surface area contributed by atoms with Crippen LogP contribution in [0.5, 0.6) is 11.5 Å². The highest BCUT2D eigenvalue weighted by Crippen LogP contribution is 2.39. The van der Waals surface area contributed by atoms with Gasteiger partial charge < -0.3 is 19.3 Å². The SMILES string of the molecule is COc1cc(/C=C2/SC(N3CCN(c4ccc(Cl)c(Cl)c4)CC3)=NC2=O)ccc1OCc1ccc(C(F)(F)F)cc1C(F)(F)F. The number of piperazine rings is 1. The number of aliphatic imine (C=N–C) groups is 1. The van der Waals surface area contributed by atoms with E-state index in [1.165, 1.54) is 31.0 Å². The van der Waals surface area contributed by atoms with E-state index < -0.39 is 41.6 Å². The number of carbonyl (C=O) groups excluding carboxylic acids is 1. The number of thioether (sulfide) groups is 1. The van der Waals surface area contributed by atoms with Gasteiger partial charge in [-0.2, -0.15) is 31.3 Å². The standard InChI is InChI=1S/C30H23Cl2F6N3O3S/c1-43-25-12-17(2-7-24(25)44-16-18-3-4-19(29(33,34)35)14-21(18)30(36,37)38)13-26-27(42)39-28(45-26)41-10-8-40(9-11-41)20-5-6-22(31)23(32)15-20/h2-7,12-15H,8-11,16H2,1H3/b26-13+. The Labute approximate surface area is 268 Å². The Morgan fingerprint density at radius 2 is 1.58 bits per heavy atom. The monoisotopic (exact) mass is 689 g/mol. The molecule has 1 fully saturated rings. The number of benzene rings is 3. The Bertz CT molecular complexity index is 1670. The maximum absolute atomic E-state index is 13.5. The lowest BCUT2D eigenvalue weighted by molar-refractivity contribution is -0.143. The molecule has 15 heteroatoms. The first-order valence-electron chi connectivity index (χ1n) is 13.3. The van der Waals surface area contributed by atoms with Crippen LogP contribution >= 0.6 is 35.0 Å². The van der Waals surface area contributed by atoms with Crippen LogP contribution in [-0.2, 0) is 23.8 Å². The maximum atomic E-state index is 13.5. The van der Waals surface area contributed by atoms with Crippen molar-refractivity contribution in [2.75, 3.05) is 38.2 Å². The van der Waals surface area contributed by atoms with Crippen molar-refractivity contribution in [1.29, 1.82) is 0 Å². The highest BCUT2D eigenvalue weighted by atomic mass is 35.5. The van der Waals surface area contributed by atoms with Crippen LogP contribution in [0.4, 0.5) is 32.0 Å². The molecule has 1 saturated heterocycles. The van der Waals surface area contributed by atoms with Crippen LogP contribution < -0.4 is 14.4 Å². The van der Waals surface area contributed by atoms with E-state index >= 15 is 0 Å². The minimum absolute atomic E-state index is 0.0629. The number of hydrogen-bond acceptors (Lipinski definition) is 6. The smallest absolute Gasteiger partial charge is 0.416 e. The highest BCUT2D eigenvalue weighted by molar-refractivity contribution is 8.18. The number of nitrogens with zero attached hydrogens (tertiary/aromatic N) is 3. The van der Waals surface area contributed by atoms with Gasteiger partial charge >= 0.3 is 12.4 Å². The van der Waals surface area contributed by atoms with Gasteiger partial charge in [0.2, 0.25) is 0 Å². The van der Waals surface area contributed by atoms with Gasteiger partial charge in [-0.05, 0) is 65.9 Å². The third-order valence-electron chi connectivity index (χ3n) is 7.04. The zero-order valence-corrected chi connectivity index (χ0v) is 25.6. The maximum Gasteiger partial charge on any atom is 0.416 e. The molecule has 0 spiro atoms. The minimum Gasteiger partial charge on any atom is -0.493 e. The second kappa shape index (κ2) is 13.1. The first-order valence-corrected chi connectivity index (χ1v) is 14.9. The molecule has 0 unspecified atom stereocenters. The van der Waals surface area contributed by atoms with Crippen LogP contribution in [-0.4, -0.2) is 49.3 Å². The molecule has 238 valence electrons. The Balaban J connectivity index is 1.24. The van der Waals surface area contributed by atoms with Crippen molar-refractivity contribution in [2.24, 2.45) is 4.99 Å². The van der Waals surface area contributed by atoms with Gasteiger partial charge in [-0.3, -0.25) is 4.79 Å². The molecule has 0 radical (unpaired) electrons. The second-order valence-electron chi connectivity index (χ2n) is 9.95. The highest BCUT2D eigenvalue weighted by Gasteiger charge is 2.38. The van der Waals surface area contributed by atoms with Crippen molar-refractivity contribution in [3.05, 3.63) is 91.8 Å². The number of ether oxygens (including phenoxy) is 2. The van der Waals surface area contributed by atoms with Crippen LogP contribution in [0.1, 0.15) is 22.3 Å². The van der Waals surface area contributed by atoms with Gasteiger partial charge in [0.25, 0.3) is 5.91 Å². The zero-order chi connectivity index (χ0) is 32.5. The third kappa shape index (κ3) is 7.64. The molecular formula is C30H23Cl2F6N3O3S. The molecule has 0 saturated carbocycles. The van der Waals surface area contributed by atoms with Gasteiger partial charge in [-0.1, -0.05) is 35.3 Å². The summed E-state index contributed by atoms with van der Waals surface area (Å²) in [6.45, 7) is 1.96. The van der Waals surface area contributed by atoms with Crippen molar-refractivity contribution in [3.8, 4) is 11.5 Å². The molecule has 6 nitrogen and oxygen atoms in total. The summed E-state index contributed by atoms with van der Waals surface area (Å²) >= 11 is 13.4. The molecule has 2 aliphatic rings. The van der Waals surface area contributed by atoms with Crippen molar-refractivity contribution >= 4 is 57.8 Å². The number of amidine groups is 1. The van der Waals surface area contributed by atoms with Gasteiger partial charge in [0.05, 0.1) is 33.2 Å². The summed E-state index contributed by atoms with van der Waals surface area (Å²) in [5, 5.41) is 1.52. The summed E-state index contributed by atoms with van der Waals surface area (Å²) in [7, 11) is 1.33. The molecular weight excluding hydrogens is 667 g/mol. The molecule has 3 aromatic rings. The lowest BCUT2D eigenvalue weighted by atomic mass is 10.0. The van der Waals surface area contributed by atoms with E-state index in [-0.39, 0.29) is 17.6 Å². The quantitative estimate of drug-likeness (QED) is 0.191. The molecule has 45 heavy (non-hydrogen) atoms. The molecule has 1 amide bonds. The lowest BCUT2D eigenvalue weighted by Crippen LogP contribution is -2.47. The summed E-state index contributed by atoms with van der Waals surface area (Å²) in [4.78, 5) is 21.5. The Morgan fingerprint density at radius 1 is 0.867 bits per heavy atom. The Hall–Kier alpha value is -3.55. The fourth-order valence-electron chi connectivity index (χ4n) is 4.71. The minimum atomic E-state index is -5.02. The van der Waals surface area contributed by atoms with Crippen LogP contribution in [0.25, 0.3) is 6.08 Å². The summed E-state index contributed by atoms with van der Waals surface area (Å²) < 4.78 is 90.4. The van der Waals surface area contributed by atoms with E-state index in [4.69, 9.17) is 32.7 Å². The van der Waals surface area contributed by atoms with Gasteiger partial charge in [0.15, 0.2) is 16.7 Å². The van der Waals surface area contributed by atoms with Gasteiger partial charge in [0, 0.05) is 37.4 Å². The first kappa shape index (κ1) is 32.8. The number of methoxy groups -OCH3 is 1. The molecule has 0 aliphatic carbocycles. The third-order valence-corrected chi connectivity index (χ3v) is 8.82. The average molecular weight is 690 g/mol. The number of alkyl halides is 6. The van der Waals surface area contributed by atoms with Gasteiger partial charge in [-0.25, -0.2) is 0 Å². The number of amides is 1. The van der Waals surface area contributed by atoms with Crippen molar-refractivity contribution in [1.82, 2.24) is 4.90 Å². The van der Waals surface area contributed by atoms with Crippen LogP contribution in [0.3, 0.4) is 0 Å². The zero-order valence-electron chi connectivity index (χ0n) is 23.3. The average Bonchev–Trinajstić information content (AvgIpc) is 3.36. The van der Waals surface area contributed by atoms with Gasteiger partial charge in [-0.15, -0.1) is 0 Å². The summed E-state index contributed by atoms with van der Waals surface area (Å²) in [5.41, 5.74) is -1.84. The summed E-state index contributed by atoms with van der Waals surface area (Å²) in [6.07, 6.45) is -8.34. The lowest BCUT2D eigenvalue weighted by Gasteiger charge is -2.36.